The van der Waals surface area contributed by atoms with E-state index in [1.165, 1.54) is 0 Å². The molecule has 0 radical (unpaired) electrons. The summed E-state index contributed by atoms with van der Waals surface area (Å²) in [5, 5.41) is 15.7. The van der Waals surface area contributed by atoms with Crippen LogP contribution >= 0.6 is 0 Å². The van der Waals surface area contributed by atoms with E-state index >= 15 is 0 Å². The molecule has 0 spiro atoms. The number of carbonyl (C=O) groups excluding carboxylic acids is 3. The van der Waals surface area contributed by atoms with Crippen LogP contribution in [0.1, 0.15) is 39.5 Å². The molecule has 0 unspecified atom stereocenters. The maximum atomic E-state index is 10.5. The van der Waals surface area contributed by atoms with Gasteiger partial charge in [0, 0.05) is 6.61 Å². The molecule has 2 N–H and O–H groups in total. The summed E-state index contributed by atoms with van der Waals surface area (Å²) >= 11 is 0. The van der Waals surface area contributed by atoms with Gasteiger partial charge in [-0.25, -0.2) is 0 Å². The zero-order chi connectivity index (χ0) is 16.0. The zero-order valence-corrected chi connectivity index (χ0v) is 11.6. The third kappa shape index (κ3) is 16.0. The van der Waals surface area contributed by atoms with Gasteiger partial charge in [-0.15, -0.1) is 0 Å². The number of ether oxygens (including phenoxy) is 2. The van der Waals surface area contributed by atoms with Crippen molar-refractivity contribution in [1.29, 1.82) is 0 Å². The number of aliphatic hydroxyl groups excluding tert-OH is 1. The van der Waals surface area contributed by atoms with E-state index in [1.54, 1.807) is 13.8 Å². The van der Waals surface area contributed by atoms with Gasteiger partial charge >= 0.3 is 23.9 Å². The molecule has 0 amide bonds. The van der Waals surface area contributed by atoms with Crippen molar-refractivity contribution < 1.29 is 38.9 Å². The molecule has 1 fully saturated rings. The summed E-state index contributed by atoms with van der Waals surface area (Å²) in [4.78, 5) is 40.4. The summed E-state index contributed by atoms with van der Waals surface area (Å²) in [5.41, 5.74) is 0. The minimum Gasteiger partial charge on any atom is -0.481 e. The first-order valence-electron chi connectivity index (χ1n) is 6.09. The van der Waals surface area contributed by atoms with Gasteiger partial charge in [0.05, 0.1) is 32.3 Å². The first kappa shape index (κ1) is 20.4. The number of carboxylic acids is 1. The Morgan fingerprint density at radius 2 is 1.60 bits per heavy atom. The van der Waals surface area contributed by atoms with Crippen molar-refractivity contribution >= 4 is 23.9 Å². The number of hydrogen-bond acceptors (Lipinski definition) is 7. The van der Waals surface area contributed by atoms with Crippen molar-refractivity contribution in [3.63, 3.8) is 0 Å². The number of cyclic esters (lactones) is 2. The van der Waals surface area contributed by atoms with E-state index in [-0.39, 0.29) is 32.3 Å². The second kappa shape index (κ2) is 13.5. The Hall–Kier alpha value is -1.96. The van der Waals surface area contributed by atoms with Crippen LogP contribution in [0.3, 0.4) is 0 Å². The van der Waals surface area contributed by atoms with Gasteiger partial charge in [0.1, 0.15) is 0 Å². The highest BCUT2D eigenvalue weighted by Crippen LogP contribution is 2.03. The largest absolute Gasteiger partial charge is 0.481 e. The predicted octanol–water partition coefficient (Wildman–Crippen LogP) is 0.263. The Balaban J connectivity index is 0. The van der Waals surface area contributed by atoms with E-state index in [4.69, 9.17) is 10.2 Å². The Bertz CT molecular complexity index is 309. The van der Waals surface area contributed by atoms with Crippen molar-refractivity contribution in [2.75, 3.05) is 13.2 Å². The lowest BCUT2D eigenvalue weighted by molar-refractivity contribution is -0.152. The van der Waals surface area contributed by atoms with Crippen LogP contribution in [0.4, 0.5) is 0 Å². The third-order valence-electron chi connectivity index (χ3n) is 1.61. The Kier molecular flexibility index (Phi) is 13.7. The van der Waals surface area contributed by atoms with Crippen LogP contribution in [0.2, 0.25) is 0 Å². The highest BCUT2D eigenvalue weighted by atomic mass is 16.6. The van der Waals surface area contributed by atoms with Gasteiger partial charge in [-0.05, 0) is 13.8 Å². The summed E-state index contributed by atoms with van der Waals surface area (Å²) in [5.74, 6) is -2.23. The van der Waals surface area contributed by atoms with Crippen molar-refractivity contribution in [1.82, 2.24) is 0 Å². The van der Waals surface area contributed by atoms with Crippen LogP contribution in [-0.4, -0.2) is 47.3 Å². The number of aliphatic hydroxyl groups is 1. The van der Waals surface area contributed by atoms with E-state index in [1.807, 2.05) is 0 Å². The third-order valence-corrected chi connectivity index (χ3v) is 1.61. The molecule has 0 aromatic carbocycles. The molecule has 1 aliphatic rings. The van der Waals surface area contributed by atoms with E-state index in [9.17, 15) is 19.2 Å². The van der Waals surface area contributed by atoms with Gasteiger partial charge in [0.2, 0.25) is 0 Å². The predicted molar refractivity (Wildman–Crippen MR) is 66.6 cm³/mol. The normalized spacial score (nSPS) is 12.3. The molecule has 0 bridgehead atoms. The van der Waals surface area contributed by atoms with Crippen LogP contribution in [0, 0.1) is 0 Å². The monoisotopic (exact) mass is 292 g/mol. The van der Waals surface area contributed by atoms with Gasteiger partial charge in [0.15, 0.2) is 0 Å². The maximum Gasteiger partial charge on any atom is 0.314 e. The van der Waals surface area contributed by atoms with Crippen molar-refractivity contribution in [2.45, 2.75) is 39.5 Å². The molecule has 116 valence electrons. The molecule has 8 heteroatoms. The molecular formula is C12H20O8. The average Bonchev–Trinajstić information content (AvgIpc) is 2.73. The molecule has 0 saturated carbocycles. The van der Waals surface area contributed by atoms with Crippen LogP contribution in [0.25, 0.3) is 0 Å². The van der Waals surface area contributed by atoms with Crippen molar-refractivity contribution in [3.8, 4) is 0 Å². The van der Waals surface area contributed by atoms with Crippen molar-refractivity contribution in [2.24, 2.45) is 0 Å². The molecule has 1 heterocycles. The Morgan fingerprint density at radius 3 is 1.85 bits per heavy atom. The minimum atomic E-state index is -0.979. The molecule has 1 aliphatic heterocycles. The summed E-state index contributed by atoms with van der Waals surface area (Å²) in [6.45, 7) is 3.91. The lowest BCUT2D eigenvalue weighted by Gasteiger charge is -1.97. The second-order valence-corrected chi connectivity index (χ2v) is 3.36. The molecule has 1 rings (SSSR count). The number of hydrogen-bond donors (Lipinski definition) is 2. The van der Waals surface area contributed by atoms with E-state index in [2.05, 4.69) is 9.47 Å². The van der Waals surface area contributed by atoms with Crippen LogP contribution in [0.5, 0.6) is 0 Å². The highest BCUT2D eigenvalue weighted by molar-refractivity contribution is 5.92. The van der Waals surface area contributed by atoms with Crippen molar-refractivity contribution in [3.05, 3.63) is 0 Å². The SMILES string of the molecule is CCO.CCOC(=O)CCC(=O)O.O=C1CCC(=O)O1. The standard InChI is InChI=1S/C6H10O4.C4H4O3.C2H6O/c1-2-10-6(9)4-3-5(7)8;5-3-1-2-4(6)7-3;1-2-3/h2-4H2,1H3,(H,7,8);1-2H2;3H,2H2,1H3. The van der Waals surface area contributed by atoms with E-state index < -0.39 is 23.9 Å². The van der Waals surface area contributed by atoms with Gasteiger partial charge in [0.25, 0.3) is 0 Å². The molecule has 0 atom stereocenters. The highest BCUT2D eigenvalue weighted by Gasteiger charge is 2.19. The summed E-state index contributed by atoms with van der Waals surface area (Å²) in [6, 6.07) is 0. The van der Waals surface area contributed by atoms with Gasteiger partial charge in [-0.3, -0.25) is 19.2 Å². The topological polar surface area (TPSA) is 127 Å². The van der Waals surface area contributed by atoms with Gasteiger partial charge in [-0.1, -0.05) is 0 Å². The number of carboxylic acid groups (broad SMARTS) is 1. The molecule has 0 aromatic heterocycles. The quantitative estimate of drug-likeness (QED) is 0.558. The van der Waals surface area contributed by atoms with Crippen LogP contribution in [0.15, 0.2) is 0 Å². The first-order valence-corrected chi connectivity index (χ1v) is 6.09. The maximum absolute atomic E-state index is 10.5. The van der Waals surface area contributed by atoms with Gasteiger partial charge in [-0.2, -0.15) is 0 Å². The summed E-state index contributed by atoms with van der Waals surface area (Å²) in [6.07, 6.45) is 0.333. The number of carbonyl (C=O) groups is 4. The average molecular weight is 292 g/mol. The molecule has 0 aromatic rings. The molecule has 1 saturated heterocycles. The fraction of sp³-hybridized carbons (Fsp3) is 0.667. The van der Waals surface area contributed by atoms with E-state index in [0.29, 0.717) is 6.61 Å². The Morgan fingerprint density at radius 1 is 1.15 bits per heavy atom. The molecule has 0 aliphatic carbocycles. The number of aliphatic carboxylic acids is 1. The number of rotatable bonds is 4. The van der Waals surface area contributed by atoms with Crippen LogP contribution < -0.4 is 0 Å². The summed E-state index contributed by atoms with van der Waals surface area (Å²) in [7, 11) is 0. The molecular weight excluding hydrogens is 272 g/mol. The molecule has 20 heavy (non-hydrogen) atoms. The summed E-state index contributed by atoms with van der Waals surface area (Å²) < 4.78 is 8.57. The zero-order valence-electron chi connectivity index (χ0n) is 11.6. The smallest absolute Gasteiger partial charge is 0.314 e. The number of esters is 3. The molecule has 8 nitrogen and oxygen atoms in total. The lowest BCUT2D eigenvalue weighted by atomic mass is 10.3. The fourth-order valence-corrected chi connectivity index (χ4v) is 0.875. The minimum absolute atomic E-state index is 0.0385. The second-order valence-electron chi connectivity index (χ2n) is 3.36. The van der Waals surface area contributed by atoms with Gasteiger partial charge < -0.3 is 19.7 Å². The lowest BCUT2D eigenvalue weighted by Crippen LogP contribution is -2.06. The van der Waals surface area contributed by atoms with Crippen LogP contribution in [-0.2, 0) is 28.7 Å². The fourth-order valence-electron chi connectivity index (χ4n) is 0.875. The first-order chi connectivity index (χ1) is 9.37. The Labute approximate surface area is 116 Å². The van der Waals surface area contributed by atoms with E-state index in [0.717, 1.165) is 0 Å².